The van der Waals surface area contributed by atoms with Gasteiger partial charge in [0.25, 0.3) is 0 Å². The topological polar surface area (TPSA) is 80.3 Å². The van der Waals surface area contributed by atoms with Crippen molar-refractivity contribution >= 4 is 47.1 Å². The van der Waals surface area contributed by atoms with E-state index in [0.717, 1.165) is 15.1 Å². The van der Waals surface area contributed by atoms with Gasteiger partial charge in [-0.2, -0.15) is 0 Å². The third kappa shape index (κ3) is 3.28. The molecule has 0 aromatic carbocycles. The molecule has 0 amide bonds. The van der Waals surface area contributed by atoms with E-state index < -0.39 is 25.9 Å². The fraction of sp³-hybridized carbons (Fsp3) is 0.500. The van der Waals surface area contributed by atoms with Crippen molar-refractivity contribution < 1.29 is 16.8 Å². The second kappa shape index (κ2) is 4.61. The molecule has 5 nitrogen and oxygen atoms in total. The number of nitrogens with one attached hydrogen (secondary N) is 1. The van der Waals surface area contributed by atoms with Gasteiger partial charge in [0, 0.05) is 6.04 Å². The molecular formula is C8H10BrNO4S3. The molecule has 1 aromatic heterocycles. The number of hydrogen-bond acceptors (Lipinski definition) is 5. The molecule has 1 atom stereocenters. The van der Waals surface area contributed by atoms with Gasteiger partial charge in [0.1, 0.15) is 4.21 Å². The van der Waals surface area contributed by atoms with Gasteiger partial charge in [0.2, 0.25) is 10.0 Å². The molecular weight excluding hydrogens is 350 g/mol. The maximum Gasteiger partial charge on any atom is 0.250 e. The summed E-state index contributed by atoms with van der Waals surface area (Å²) in [6.45, 7) is 0. The minimum atomic E-state index is -3.60. The summed E-state index contributed by atoms with van der Waals surface area (Å²) in [6, 6.07) is 2.62. The fourth-order valence-electron chi connectivity index (χ4n) is 1.61. The van der Waals surface area contributed by atoms with Crippen molar-refractivity contribution in [1.29, 1.82) is 0 Å². The Balaban J connectivity index is 2.14. The maximum atomic E-state index is 11.9. The molecule has 0 aliphatic carbocycles. The minimum Gasteiger partial charge on any atom is -0.229 e. The van der Waals surface area contributed by atoms with Gasteiger partial charge in [-0.15, -0.1) is 11.3 Å². The van der Waals surface area contributed by atoms with Crippen molar-refractivity contribution in [3.8, 4) is 0 Å². The zero-order valence-electron chi connectivity index (χ0n) is 8.59. The highest BCUT2D eigenvalue weighted by molar-refractivity contribution is 9.11. The van der Waals surface area contributed by atoms with E-state index in [1.54, 1.807) is 6.07 Å². The van der Waals surface area contributed by atoms with Crippen molar-refractivity contribution in [2.45, 2.75) is 16.7 Å². The fourth-order valence-corrected chi connectivity index (χ4v) is 6.68. The lowest BCUT2D eigenvalue weighted by Gasteiger charge is -2.09. The highest BCUT2D eigenvalue weighted by atomic mass is 79.9. The van der Waals surface area contributed by atoms with Crippen molar-refractivity contribution in [3.63, 3.8) is 0 Å². The first kappa shape index (κ1) is 13.5. The van der Waals surface area contributed by atoms with Crippen LogP contribution >= 0.6 is 27.3 Å². The molecule has 2 rings (SSSR count). The first-order valence-corrected chi connectivity index (χ1v) is 9.68. The highest BCUT2D eigenvalue weighted by Crippen LogP contribution is 2.26. The van der Waals surface area contributed by atoms with Gasteiger partial charge in [-0.1, -0.05) is 0 Å². The van der Waals surface area contributed by atoms with Gasteiger partial charge < -0.3 is 0 Å². The van der Waals surface area contributed by atoms with Gasteiger partial charge in [0.05, 0.1) is 15.3 Å². The summed E-state index contributed by atoms with van der Waals surface area (Å²) in [6.07, 6.45) is 0.341. The monoisotopic (exact) mass is 359 g/mol. The number of rotatable bonds is 3. The van der Waals surface area contributed by atoms with Crippen LogP contribution in [0.1, 0.15) is 6.42 Å². The third-order valence-electron chi connectivity index (χ3n) is 2.37. The molecule has 0 radical (unpaired) electrons. The number of sulfone groups is 1. The molecule has 1 fully saturated rings. The molecule has 9 heteroatoms. The van der Waals surface area contributed by atoms with Crippen LogP contribution in [0.3, 0.4) is 0 Å². The number of hydrogen-bond donors (Lipinski definition) is 1. The lowest BCUT2D eigenvalue weighted by atomic mass is 10.3. The maximum absolute atomic E-state index is 11.9. The molecule has 0 saturated carbocycles. The average Bonchev–Trinajstić information content (AvgIpc) is 2.72. The Labute approximate surface area is 112 Å². The van der Waals surface area contributed by atoms with E-state index in [4.69, 9.17) is 0 Å². The first-order valence-electron chi connectivity index (χ1n) is 4.77. The van der Waals surface area contributed by atoms with E-state index >= 15 is 0 Å². The standard InChI is InChI=1S/C8H10BrNO4S3/c9-7-1-2-8(15-7)17(13,14)10-6-3-4-16(11,12)5-6/h1-2,6,10H,3-5H2/t6-/m0/s1. The van der Waals surface area contributed by atoms with Gasteiger partial charge >= 0.3 is 0 Å². The Kier molecular flexibility index (Phi) is 3.66. The van der Waals surface area contributed by atoms with Crippen LogP contribution in [0.2, 0.25) is 0 Å². The molecule has 2 heterocycles. The Morgan fingerprint density at radius 3 is 2.59 bits per heavy atom. The van der Waals surface area contributed by atoms with Crippen molar-refractivity contribution in [1.82, 2.24) is 4.72 Å². The summed E-state index contributed by atoms with van der Waals surface area (Å²) in [5.41, 5.74) is 0. The molecule has 96 valence electrons. The zero-order valence-corrected chi connectivity index (χ0v) is 12.6. The smallest absolute Gasteiger partial charge is 0.229 e. The van der Waals surface area contributed by atoms with Crippen LogP contribution in [0, 0.1) is 0 Å². The van der Waals surface area contributed by atoms with E-state index in [0.29, 0.717) is 6.42 Å². The van der Waals surface area contributed by atoms with Crippen LogP contribution in [0.25, 0.3) is 0 Å². The minimum absolute atomic E-state index is 0.0499. The summed E-state index contributed by atoms with van der Waals surface area (Å²) < 4.78 is 49.6. The van der Waals surface area contributed by atoms with E-state index in [9.17, 15) is 16.8 Å². The molecule has 0 spiro atoms. The predicted molar refractivity (Wildman–Crippen MR) is 69.4 cm³/mol. The van der Waals surface area contributed by atoms with Crippen molar-refractivity contribution in [2.75, 3.05) is 11.5 Å². The third-order valence-corrected chi connectivity index (χ3v) is 7.77. The van der Waals surface area contributed by atoms with E-state index in [-0.39, 0.29) is 15.7 Å². The molecule has 1 aliphatic rings. The average molecular weight is 360 g/mol. The van der Waals surface area contributed by atoms with Crippen LogP contribution in [0.4, 0.5) is 0 Å². The molecule has 1 N–H and O–H groups in total. The van der Waals surface area contributed by atoms with Gasteiger partial charge in [-0.25, -0.2) is 21.6 Å². The van der Waals surface area contributed by atoms with Crippen LogP contribution in [0.15, 0.2) is 20.1 Å². The lowest BCUT2D eigenvalue weighted by molar-refractivity contribution is 0.564. The van der Waals surface area contributed by atoms with Crippen LogP contribution < -0.4 is 4.72 Å². The summed E-state index contributed by atoms with van der Waals surface area (Å²) in [7, 11) is -6.68. The van der Waals surface area contributed by atoms with Crippen LogP contribution in [0.5, 0.6) is 0 Å². The van der Waals surface area contributed by atoms with Crippen molar-refractivity contribution in [2.24, 2.45) is 0 Å². The lowest BCUT2D eigenvalue weighted by Crippen LogP contribution is -2.35. The Morgan fingerprint density at radius 1 is 1.41 bits per heavy atom. The molecule has 1 saturated heterocycles. The molecule has 1 aliphatic heterocycles. The summed E-state index contributed by atoms with van der Waals surface area (Å²) in [4.78, 5) is 0. The summed E-state index contributed by atoms with van der Waals surface area (Å²) in [5.74, 6) is -0.0624. The quantitative estimate of drug-likeness (QED) is 0.871. The number of thiophene rings is 1. The molecule has 0 bridgehead atoms. The number of halogens is 1. The van der Waals surface area contributed by atoms with Gasteiger partial charge in [-0.05, 0) is 34.5 Å². The summed E-state index contributed by atoms with van der Waals surface area (Å²) >= 11 is 4.28. The number of sulfonamides is 1. The van der Waals surface area contributed by atoms with Gasteiger partial charge in [0.15, 0.2) is 9.84 Å². The Morgan fingerprint density at radius 2 is 2.12 bits per heavy atom. The second-order valence-electron chi connectivity index (χ2n) is 3.78. The predicted octanol–water partition coefficient (Wildman–Crippen LogP) is 0.976. The molecule has 1 aromatic rings. The zero-order chi connectivity index (χ0) is 12.7. The highest BCUT2D eigenvalue weighted by Gasteiger charge is 2.31. The Hall–Kier alpha value is 0.0400. The summed E-state index contributed by atoms with van der Waals surface area (Å²) in [5, 5.41) is 0. The molecule has 17 heavy (non-hydrogen) atoms. The molecule has 0 unspecified atom stereocenters. The SMILES string of the molecule is O=S1(=O)CC[C@H](NS(=O)(=O)c2ccc(Br)s2)C1. The van der Waals surface area contributed by atoms with E-state index in [1.807, 2.05) is 0 Å². The first-order chi connectivity index (χ1) is 7.78. The van der Waals surface area contributed by atoms with Crippen LogP contribution in [-0.4, -0.2) is 34.4 Å². The normalized spacial score (nSPS) is 23.9. The Bertz CT molecular complexity index is 619. The van der Waals surface area contributed by atoms with E-state index in [2.05, 4.69) is 20.7 Å². The second-order valence-corrected chi connectivity index (χ2v) is 10.4. The van der Waals surface area contributed by atoms with Crippen molar-refractivity contribution in [3.05, 3.63) is 15.9 Å². The van der Waals surface area contributed by atoms with Gasteiger partial charge in [-0.3, -0.25) is 0 Å². The largest absolute Gasteiger partial charge is 0.250 e. The van der Waals surface area contributed by atoms with Crippen LogP contribution in [-0.2, 0) is 19.9 Å². The van der Waals surface area contributed by atoms with E-state index in [1.165, 1.54) is 6.07 Å².